The Hall–Kier alpha value is 0.130. The molecule has 1 rings (SSSR count). The number of thiophene rings is 1. The van der Waals surface area contributed by atoms with Gasteiger partial charge in [0.2, 0.25) is 0 Å². The Morgan fingerprint density at radius 1 is 1.47 bits per heavy atom. The Morgan fingerprint density at radius 3 is 2.65 bits per heavy atom. The van der Waals surface area contributed by atoms with Gasteiger partial charge in [-0.15, -0.1) is 11.3 Å². The summed E-state index contributed by atoms with van der Waals surface area (Å²) in [6, 6.07) is 2.09. The first-order valence-electron chi connectivity index (χ1n) is 5.68. The fraction of sp³-hybridized carbons (Fsp3) is 0.583. The highest BCUT2D eigenvalue weighted by atomic mass is 79.9. The maximum absolute atomic E-state index is 11.6. The van der Waals surface area contributed by atoms with Crippen molar-refractivity contribution in [2.75, 3.05) is 6.61 Å². The van der Waals surface area contributed by atoms with Crippen LogP contribution in [-0.2, 0) is 9.53 Å². The lowest BCUT2D eigenvalue weighted by Crippen LogP contribution is -2.10. The molecule has 5 heteroatoms. The Labute approximate surface area is 123 Å². The minimum Gasteiger partial charge on any atom is -0.466 e. The number of rotatable bonds is 6. The summed E-state index contributed by atoms with van der Waals surface area (Å²) < 4.78 is 7.22. The standard InChI is InChI=1S/C12H16Br2O2S/c1-3-5-8(6-11(15)16-4-2)9-7-10(13)17-12(9)14/h7-8H,3-6H2,1-2H3. The van der Waals surface area contributed by atoms with Gasteiger partial charge >= 0.3 is 5.97 Å². The van der Waals surface area contributed by atoms with E-state index in [0.717, 1.165) is 20.4 Å². The summed E-state index contributed by atoms with van der Waals surface area (Å²) in [5.74, 6) is 0.135. The second kappa shape index (κ2) is 7.54. The molecule has 0 aliphatic heterocycles. The molecule has 1 atom stereocenters. The summed E-state index contributed by atoms with van der Waals surface area (Å²) in [5, 5.41) is 0. The van der Waals surface area contributed by atoms with E-state index in [1.54, 1.807) is 11.3 Å². The first-order chi connectivity index (χ1) is 8.08. The predicted molar refractivity (Wildman–Crippen MR) is 78.6 cm³/mol. The van der Waals surface area contributed by atoms with Crippen LogP contribution < -0.4 is 0 Å². The Bertz CT molecular complexity index is 377. The van der Waals surface area contributed by atoms with Crippen LogP contribution in [0.5, 0.6) is 0 Å². The minimum atomic E-state index is -0.111. The minimum absolute atomic E-state index is 0.111. The van der Waals surface area contributed by atoms with E-state index in [0.29, 0.717) is 13.0 Å². The molecule has 0 saturated heterocycles. The quantitative estimate of drug-likeness (QED) is 0.638. The summed E-state index contributed by atoms with van der Waals surface area (Å²) in [6.07, 6.45) is 2.52. The molecular weight excluding hydrogens is 368 g/mol. The molecule has 1 unspecified atom stereocenters. The van der Waals surface area contributed by atoms with Crippen LogP contribution in [0, 0.1) is 0 Å². The molecule has 1 aromatic heterocycles. The molecular formula is C12H16Br2O2S. The fourth-order valence-electron chi connectivity index (χ4n) is 1.77. The maximum atomic E-state index is 11.6. The van der Waals surface area contributed by atoms with E-state index in [2.05, 4.69) is 44.8 Å². The average molecular weight is 384 g/mol. The monoisotopic (exact) mass is 382 g/mol. The number of esters is 1. The van der Waals surface area contributed by atoms with E-state index in [9.17, 15) is 4.79 Å². The van der Waals surface area contributed by atoms with Crippen molar-refractivity contribution < 1.29 is 9.53 Å². The van der Waals surface area contributed by atoms with Gasteiger partial charge in [-0.2, -0.15) is 0 Å². The van der Waals surface area contributed by atoms with E-state index in [4.69, 9.17) is 4.74 Å². The van der Waals surface area contributed by atoms with Crippen molar-refractivity contribution >= 4 is 49.2 Å². The Kier molecular flexibility index (Phi) is 6.74. The van der Waals surface area contributed by atoms with Gasteiger partial charge in [0.25, 0.3) is 0 Å². The topological polar surface area (TPSA) is 26.3 Å². The van der Waals surface area contributed by atoms with Crippen molar-refractivity contribution in [1.82, 2.24) is 0 Å². The third-order valence-electron chi connectivity index (χ3n) is 2.48. The lowest BCUT2D eigenvalue weighted by Gasteiger charge is -2.14. The van der Waals surface area contributed by atoms with Gasteiger partial charge < -0.3 is 4.74 Å². The summed E-state index contributed by atoms with van der Waals surface area (Å²) in [7, 11) is 0. The van der Waals surface area contributed by atoms with Crippen molar-refractivity contribution in [1.29, 1.82) is 0 Å². The molecule has 0 aliphatic rings. The number of ether oxygens (including phenoxy) is 1. The molecule has 2 nitrogen and oxygen atoms in total. The molecule has 1 aromatic rings. The number of hydrogen-bond donors (Lipinski definition) is 0. The van der Waals surface area contributed by atoms with Crippen LogP contribution in [0.1, 0.15) is 44.6 Å². The predicted octanol–water partition coefficient (Wildman–Crippen LogP) is 5.11. The van der Waals surface area contributed by atoms with Crippen LogP contribution in [0.15, 0.2) is 13.6 Å². The number of carbonyl (C=O) groups is 1. The van der Waals surface area contributed by atoms with Crippen LogP contribution in [0.3, 0.4) is 0 Å². The third-order valence-corrected chi connectivity index (χ3v) is 4.86. The first-order valence-corrected chi connectivity index (χ1v) is 8.09. The van der Waals surface area contributed by atoms with Crippen LogP contribution >= 0.6 is 43.2 Å². The van der Waals surface area contributed by atoms with Gasteiger partial charge in [-0.3, -0.25) is 4.79 Å². The number of halogens is 2. The lowest BCUT2D eigenvalue weighted by molar-refractivity contribution is -0.143. The largest absolute Gasteiger partial charge is 0.466 e. The molecule has 17 heavy (non-hydrogen) atoms. The fourth-order valence-corrected chi connectivity index (χ4v) is 4.81. The van der Waals surface area contributed by atoms with E-state index in [1.807, 2.05) is 6.92 Å². The van der Waals surface area contributed by atoms with Crippen LogP contribution in [0.4, 0.5) is 0 Å². The highest BCUT2D eigenvalue weighted by molar-refractivity contribution is 9.12. The molecule has 0 aliphatic carbocycles. The highest BCUT2D eigenvalue weighted by Crippen LogP contribution is 2.39. The van der Waals surface area contributed by atoms with Crippen molar-refractivity contribution in [3.63, 3.8) is 0 Å². The molecule has 0 amide bonds. The molecule has 0 N–H and O–H groups in total. The van der Waals surface area contributed by atoms with E-state index in [-0.39, 0.29) is 11.9 Å². The molecule has 0 aromatic carbocycles. The summed E-state index contributed by atoms with van der Waals surface area (Å²) in [4.78, 5) is 11.6. The molecule has 0 fully saturated rings. The molecule has 0 spiro atoms. The van der Waals surface area contributed by atoms with Crippen LogP contribution in [-0.4, -0.2) is 12.6 Å². The van der Waals surface area contributed by atoms with Gasteiger partial charge in [-0.1, -0.05) is 13.3 Å². The normalized spacial score (nSPS) is 12.5. The van der Waals surface area contributed by atoms with Gasteiger partial charge in [-0.05, 0) is 62.8 Å². The average Bonchev–Trinajstić information content (AvgIpc) is 2.57. The third kappa shape index (κ3) is 4.72. The molecule has 96 valence electrons. The SMILES string of the molecule is CCCC(CC(=O)OCC)c1cc(Br)sc1Br. The summed E-state index contributed by atoms with van der Waals surface area (Å²) in [5.41, 5.74) is 1.21. The van der Waals surface area contributed by atoms with E-state index < -0.39 is 0 Å². The van der Waals surface area contributed by atoms with Gasteiger partial charge in [0.15, 0.2) is 0 Å². The smallest absolute Gasteiger partial charge is 0.306 e. The van der Waals surface area contributed by atoms with Crippen molar-refractivity contribution in [3.8, 4) is 0 Å². The van der Waals surface area contributed by atoms with E-state index >= 15 is 0 Å². The van der Waals surface area contributed by atoms with Gasteiger partial charge in [-0.25, -0.2) is 0 Å². The van der Waals surface area contributed by atoms with Gasteiger partial charge in [0, 0.05) is 0 Å². The zero-order chi connectivity index (χ0) is 12.8. The Morgan fingerprint density at radius 2 is 2.18 bits per heavy atom. The first kappa shape index (κ1) is 15.2. The van der Waals surface area contributed by atoms with E-state index in [1.165, 1.54) is 5.56 Å². The number of carbonyl (C=O) groups excluding carboxylic acids is 1. The van der Waals surface area contributed by atoms with Gasteiger partial charge in [0.1, 0.15) is 0 Å². The molecule has 1 heterocycles. The summed E-state index contributed by atoms with van der Waals surface area (Å²) >= 11 is 8.67. The zero-order valence-electron chi connectivity index (χ0n) is 9.96. The van der Waals surface area contributed by atoms with Crippen molar-refractivity contribution in [2.45, 2.75) is 39.0 Å². The van der Waals surface area contributed by atoms with Crippen molar-refractivity contribution in [3.05, 3.63) is 19.2 Å². The van der Waals surface area contributed by atoms with Gasteiger partial charge in [0.05, 0.1) is 20.6 Å². The lowest BCUT2D eigenvalue weighted by atomic mass is 9.94. The molecule has 0 bridgehead atoms. The van der Waals surface area contributed by atoms with Crippen LogP contribution in [0.25, 0.3) is 0 Å². The number of hydrogen-bond acceptors (Lipinski definition) is 3. The molecule has 0 saturated carbocycles. The maximum Gasteiger partial charge on any atom is 0.306 e. The molecule has 0 radical (unpaired) electrons. The Balaban J connectivity index is 2.78. The summed E-state index contributed by atoms with van der Waals surface area (Å²) in [6.45, 7) is 4.42. The van der Waals surface area contributed by atoms with Crippen LogP contribution in [0.2, 0.25) is 0 Å². The second-order valence-electron chi connectivity index (χ2n) is 3.77. The van der Waals surface area contributed by atoms with Crippen molar-refractivity contribution in [2.24, 2.45) is 0 Å². The second-order valence-corrected chi connectivity index (χ2v) is 7.52. The highest BCUT2D eigenvalue weighted by Gasteiger charge is 2.20. The zero-order valence-corrected chi connectivity index (χ0v) is 14.0.